The van der Waals surface area contributed by atoms with Crippen molar-refractivity contribution in [3.8, 4) is 0 Å². The van der Waals surface area contributed by atoms with E-state index in [0.717, 1.165) is 45.6 Å². The zero-order chi connectivity index (χ0) is 14.8. The van der Waals surface area contributed by atoms with E-state index in [4.69, 9.17) is 9.47 Å². The van der Waals surface area contributed by atoms with Crippen molar-refractivity contribution in [3.05, 3.63) is 0 Å². The van der Waals surface area contributed by atoms with Crippen LogP contribution in [-0.2, 0) is 9.47 Å². The summed E-state index contributed by atoms with van der Waals surface area (Å²) in [7, 11) is 0. The van der Waals surface area contributed by atoms with Crippen LogP contribution in [0.2, 0.25) is 0 Å². The first-order valence-electron chi connectivity index (χ1n) is 7.61. The zero-order valence-corrected chi connectivity index (χ0v) is 13.2. The van der Waals surface area contributed by atoms with E-state index in [1.165, 1.54) is 0 Å². The molecule has 0 saturated carbocycles. The molecule has 20 heavy (non-hydrogen) atoms. The summed E-state index contributed by atoms with van der Waals surface area (Å²) < 4.78 is 10.9. The minimum absolute atomic E-state index is 0.0577. The standard InChI is InChI=1S/C15H28N2O3/c1-14(2,3)20-13(18)17-8-5-6-12(17)10-16-15(4)7-9-19-11-15/h12,16H,5-11H2,1-4H3. The Kier molecular flexibility index (Phi) is 4.59. The van der Waals surface area contributed by atoms with Crippen LogP contribution in [0.5, 0.6) is 0 Å². The first-order chi connectivity index (χ1) is 9.29. The molecule has 2 fully saturated rings. The monoisotopic (exact) mass is 284 g/mol. The largest absolute Gasteiger partial charge is 0.444 e. The average molecular weight is 284 g/mol. The predicted molar refractivity (Wildman–Crippen MR) is 77.8 cm³/mol. The quantitative estimate of drug-likeness (QED) is 0.863. The van der Waals surface area contributed by atoms with Gasteiger partial charge in [0.1, 0.15) is 5.60 Å². The molecule has 0 aliphatic carbocycles. The topological polar surface area (TPSA) is 50.8 Å². The van der Waals surface area contributed by atoms with Crippen LogP contribution in [0.15, 0.2) is 0 Å². The summed E-state index contributed by atoms with van der Waals surface area (Å²) in [6, 6.07) is 0.238. The maximum Gasteiger partial charge on any atom is 0.410 e. The van der Waals surface area contributed by atoms with Crippen LogP contribution < -0.4 is 5.32 Å². The number of rotatable bonds is 3. The lowest BCUT2D eigenvalue weighted by Gasteiger charge is -2.31. The Balaban J connectivity index is 1.85. The lowest BCUT2D eigenvalue weighted by molar-refractivity contribution is 0.0220. The Bertz CT molecular complexity index is 346. The van der Waals surface area contributed by atoms with Crippen molar-refractivity contribution >= 4 is 6.09 Å². The van der Waals surface area contributed by atoms with Gasteiger partial charge in [-0.25, -0.2) is 4.79 Å². The summed E-state index contributed by atoms with van der Waals surface area (Å²) in [4.78, 5) is 14.1. The fraction of sp³-hybridized carbons (Fsp3) is 0.933. The van der Waals surface area contributed by atoms with Crippen LogP contribution in [0.25, 0.3) is 0 Å². The summed E-state index contributed by atoms with van der Waals surface area (Å²) in [5, 5.41) is 3.57. The minimum atomic E-state index is -0.428. The summed E-state index contributed by atoms with van der Waals surface area (Å²) in [5.41, 5.74) is -0.370. The fourth-order valence-electron chi connectivity index (χ4n) is 2.78. The van der Waals surface area contributed by atoms with E-state index in [2.05, 4.69) is 12.2 Å². The van der Waals surface area contributed by atoms with E-state index >= 15 is 0 Å². The number of carbonyl (C=O) groups excluding carboxylic acids is 1. The molecule has 0 bridgehead atoms. The van der Waals surface area contributed by atoms with Crippen LogP contribution in [0.3, 0.4) is 0 Å². The molecule has 116 valence electrons. The second-order valence-corrected chi connectivity index (χ2v) is 7.21. The smallest absolute Gasteiger partial charge is 0.410 e. The van der Waals surface area contributed by atoms with Gasteiger partial charge in [-0.15, -0.1) is 0 Å². The summed E-state index contributed by atoms with van der Waals surface area (Å²) >= 11 is 0. The highest BCUT2D eigenvalue weighted by molar-refractivity contribution is 5.69. The molecule has 0 aromatic carbocycles. The van der Waals surface area contributed by atoms with Gasteiger partial charge in [-0.3, -0.25) is 0 Å². The van der Waals surface area contributed by atoms with Gasteiger partial charge in [0.05, 0.1) is 6.61 Å². The highest BCUT2D eigenvalue weighted by Gasteiger charge is 2.35. The lowest BCUT2D eigenvalue weighted by Crippen LogP contribution is -2.50. The van der Waals surface area contributed by atoms with E-state index in [0.29, 0.717) is 0 Å². The molecule has 2 unspecified atom stereocenters. The lowest BCUT2D eigenvalue weighted by atomic mass is 10.0. The Morgan fingerprint density at radius 3 is 2.85 bits per heavy atom. The number of carbonyl (C=O) groups is 1. The van der Waals surface area contributed by atoms with Gasteiger partial charge in [-0.05, 0) is 47.0 Å². The van der Waals surface area contributed by atoms with Crippen LogP contribution in [0.1, 0.15) is 47.0 Å². The highest BCUT2D eigenvalue weighted by atomic mass is 16.6. The van der Waals surface area contributed by atoms with Crippen molar-refractivity contribution in [2.24, 2.45) is 0 Å². The van der Waals surface area contributed by atoms with Crippen molar-refractivity contribution < 1.29 is 14.3 Å². The van der Waals surface area contributed by atoms with Crippen molar-refractivity contribution in [2.75, 3.05) is 26.3 Å². The molecular weight excluding hydrogens is 256 g/mol. The number of hydrogen-bond acceptors (Lipinski definition) is 4. The summed E-state index contributed by atoms with van der Waals surface area (Å²) in [6.45, 7) is 11.1. The third-order valence-electron chi connectivity index (χ3n) is 3.99. The van der Waals surface area contributed by atoms with E-state index < -0.39 is 5.60 Å². The van der Waals surface area contributed by atoms with Crippen molar-refractivity contribution in [1.29, 1.82) is 0 Å². The number of hydrogen-bond donors (Lipinski definition) is 1. The van der Waals surface area contributed by atoms with Gasteiger partial charge >= 0.3 is 6.09 Å². The molecular formula is C15H28N2O3. The molecule has 2 aliphatic rings. The molecule has 0 aromatic rings. The Hall–Kier alpha value is -0.810. The van der Waals surface area contributed by atoms with Gasteiger partial charge in [0.15, 0.2) is 0 Å². The van der Waals surface area contributed by atoms with Gasteiger partial charge < -0.3 is 19.7 Å². The second-order valence-electron chi connectivity index (χ2n) is 7.21. The first kappa shape index (κ1) is 15.6. The van der Waals surface area contributed by atoms with Gasteiger partial charge in [-0.2, -0.15) is 0 Å². The molecule has 0 spiro atoms. The van der Waals surface area contributed by atoms with Crippen LogP contribution >= 0.6 is 0 Å². The van der Waals surface area contributed by atoms with Crippen molar-refractivity contribution in [3.63, 3.8) is 0 Å². The summed E-state index contributed by atoms with van der Waals surface area (Å²) in [5.74, 6) is 0. The van der Waals surface area contributed by atoms with E-state index in [1.807, 2.05) is 25.7 Å². The number of nitrogens with zero attached hydrogens (tertiary/aromatic N) is 1. The molecule has 2 rings (SSSR count). The van der Waals surface area contributed by atoms with Gasteiger partial charge in [0.2, 0.25) is 0 Å². The van der Waals surface area contributed by atoms with Crippen LogP contribution in [0, 0.1) is 0 Å². The number of likely N-dealkylation sites (tertiary alicyclic amines) is 1. The van der Waals surface area contributed by atoms with Crippen molar-refractivity contribution in [1.82, 2.24) is 10.2 Å². The molecule has 1 amide bonds. The number of ether oxygens (including phenoxy) is 2. The minimum Gasteiger partial charge on any atom is -0.444 e. The summed E-state index contributed by atoms with van der Waals surface area (Å²) in [6.07, 6.45) is 2.95. The Morgan fingerprint density at radius 2 is 2.25 bits per heavy atom. The van der Waals surface area contributed by atoms with Gasteiger partial charge in [0.25, 0.3) is 0 Å². The Labute approximate surface area is 122 Å². The van der Waals surface area contributed by atoms with Crippen molar-refractivity contribution in [2.45, 2.75) is 64.1 Å². The van der Waals surface area contributed by atoms with Gasteiger partial charge in [-0.1, -0.05) is 0 Å². The zero-order valence-electron chi connectivity index (χ0n) is 13.2. The fourth-order valence-corrected chi connectivity index (χ4v) is 2.78. The molecule has 0 aromatic heterocycles. The van der Waals surface area contributed by atoms with Gasteiger partial charge in [0, 0.05) is 31.3 Å². The maximum atomic E-state index is 12.2. The van der Waals surface area contributed by atoms with E-state index in [1.54, 1.807) is 0 Å². The Morgan fingerprint density at radius 1 is 1.50 bits per heavy atom. The third-order valence-corrected chi connectivity index (χ3v) is 3.99. The second kappa shape index (κ2) is 5.90. The van der Waals surface area contributed by atoms with Crippen LogP contribution in [-0.4, -0.2) is 54.5 Å². The highest BCUT2D eigenvalue weighted by Crippen LogP contribution is 2.22. The average Bonchev–Trinajstić information content (AvgIpc) is 2.93. The first-order valence-corrected chi connectivity index (χ1v) is 7.61. The molecule has 2 aliphatic heterocycles. The van der Waals surface area contributed by atoms with E-state index in [-0.39, 0.29) is 17.7 Å². The predicted octanol–water partition coefficient (Wildman–Crippen LogP) is 2.15. The molecule has 2 atom stereocenters. The maximum absolute atomic E-state index is 12.2. The third kappa shape index (κ3) is 4.09. The molecule has 5 nitrogen and oxygen atoms in total. The molecule has 5 heteroatoms. The molecule has 2 saturated heterocycles. The molecule has 1 N–H and O–H groups in total. The van der Waals surface area contributed by atoms with Crippen LogP contribution in [0.4, 0.5) is 4.79 Å². The van der Waals surface area contributed by atoms with E-state index in [9.17, 15) is 4.79 Å². The normalized spacial score (nSPS) is 30.8. The SMILES string of the molecule is CC1(NCC2CCCN2C(=O)OC(C)(C)C)CCOC1. The number of nitrogens with one attached hydrogen (secondary N) is 1. The molecule has 0 radical (unpaired) electrons. The molecule has 2 heterocycles. The number of amides is 1.